The highest BCUT2D eigenvalue weighted by Gasteiger charge is 2.09. The molecule has 2 rings (SSSR count). The Labute approximate surface area is 101 Å². The molecule has 0 spiro atoms. The van der Waals surface area contributed by atoms with Gasteiger partial charge in [-0.3, -0.25) is 0 Å². The van der Waals surface area contributed by atoms with Crippen molar-refractivity contribution in [2.45, 2.75) is 9.24 Å². The van der Waals surface area contributed by atoms with Crippen molar-refractivity contribution in [3.8, 4) is 0 Å². The molecule has 15 heavy (non-hydrogen) atoms. The van der Waals surface area contributed by atoms with Crippen LogP contribution < -0.4 is 0 Å². The second kappa shape index (κ2) is 4.54. The van der Waals surface area contributed by atoms with Crippen LogP contribution in [0.4, 0.5) is 8.78 Å². The third kappa shape index (κ3) is 2.73. The number of hydrogen-bond donors (Lipinski definition) is 0. The summed E-state index contributed by atoms with van der Waals surface area (Å²) in [5.41, 5.74) is 0. The van der Waals surface area contributed by atoms with E-state index >= 15 is 0 Å². The lowest BCUT2D eigenvalue weighted by Gasteiger charge is -1.98. The van der Waals surface area contributed by atoms with Crippen LogP contribution in [0.2, 0.25) is 0 Å². The van der Waals surface area contributed by atoms with Crippen LogP contribution in [-0.2, 0) is 0 Å². The molecular formula is C8H3BrF2N2S2. The van der Waals surface area contributed by atoms with Crippen LogP contribution in [0.15, 0.2) is 31.4 Å². The van der Waals surface area contributed by atoms with Crippen molar-refractivity contribution in [3.63, 3.8) is 0 Å². The summed E-state index contributed by atoms with van der Waals surface area (Å²) < 4.78 is 27.1. The maximum Gasteiger partial charge on any atom is 0.184 e. The lowest BCUT2D eigenvalue weighted by molar-refractivity contribution is 0.565. The minimum Gasteiger partial charge on any atom is -0.207 e. The Kier molecular flexibility index (Phi) is 3.32. The van der Waals surface area contributed by atoms with Crippen molar-refractivity contribution in [2.24, 2.45) is 0 Å². The Morgan fingerprint density at radius 1 is 1.27 bits per heavy atom. The van der Waals surface area contributed by atoms with E-state index in [-0.39, 0.29) is 0 Å². The summed E-state index contributed by atoms with van der Waals surface area (Å²) in [5, 5.41) is 7.53. The Hall–Kier alpha value is -0.530. The van der Waals surface area contributed by atoms with Gasteiger partial charge >= 0.3 is 0 Å². The normalized spacial score (nSPS) is 10.6. The van der Waals surface area contributed by atoms with Crippen LogP contribution in [0, 0.1) is 11.6 Å². The molecule has 0 unspecified atom stereocenters. The van der Waals surface area contributed by atoms with Crippen molar-refractivity contribution in [1.29, 1.82) is 0 Å². The molecule has 0 saturated heterocycles. The predicted octanol–water partition coefficient (Wildman–Crippen LogP) is 3.73. The van der Waals surface area contributed by atoms with Gasteiger partial charge in [-0.05, 0) is 28.1 Å². The monoisotopic (exact) mass is 308 g/mol. The van der Waals surface area contributed by atoms with Crippen molar-refractivity contribution in [2.75, 3.05) is 0 Å². The van der Waals surface area contributed by atoms with Gasteiger partial charge in [0.1, 0.15) is 11.6 Å². The van der Waals surface area contributed by atoms with Gasteiger partial charge in [0.05, 0.1) is 4.90 Å². The topological polar surface area (TPSA) is 25.8 Å². The number of rotatable bonds is 2. The summed E-state index contributed by atoms with van der Waals surface area (Å²) >= 11 is 5.56. The number of hydrogen-bond acceptors (Lipinski definition) is 4. The first kappa shape index (κ1) is 11.0. The smallest absolute Gasteiger partial charge is 0.184 e. The minimum absolute atomic E-state index is 0.333. The lowest BCUT2D eigenvalue weighted by atomic mass is 10.3. The highest BCUT2D eigenvalue weighted by molar-refractivity contribution is 9.11. The molecule has 0 saturated carbocycles. The van der Waals surface area contributed by atoms with Gasteiger partial charge in [0, 0.05) is 6.07 Å². The molecule has 1 aromatic carbocycles. The number of nitrogens with zero attached hydrogens (tertiary/aromatic N) is 2. The highest BCUT2D eigenvalue weighted by Crippen LogP contribution is 2.33. The van der Waals surface area contributed by atoms with Gasteiger partial charge in [0.25, 0.3) is 0 Å². The van der Waals surface area contributed by atoms with Crippen molar-refractivity contribution < 1.29 is 8.78 Å². The zero-order valence-electron chi connectivity index (χ0n) is 7.08. The summed E-state index contributed by atoms with van der Waals surface area (Å²) in [5.74, 6) is -1.18. The Morgan fingerprint density at radius 2 is 2.07 bits per heavy atom. The van der Waals surface area contributed by atoms with Crippen LogP contribution in [0.25, 0.3) is 0 Å². The maximum atomic E-state index is 13.2. The third-order valence-electron chi connectivity index (χ3n) is 1.47. The summed E-state index contributed by atoms with van der Waals surface area (Å²) in [6, 6.07) is 3.44. The lowest BCUT2D eigenvalue weighted by Crippen LogP contribution is -1.83. The van der Waals surface area contributed by atoms with Gasteiger partial charge in [-0.25, -0.2) is 8.78 Å². The van der Waals surface area contributed by atoms with E-state index in [0.29, 0.717) is 13.2 Å². The van der Waals surface area contributed by atoms with E-state index in [0.717, 1.165) is 17.8 Å². The molecule has 0 atom stereocenters. The van der Waals surface area contributed by atoms with Gasteiger partial charge in [0.15, 0.2) is 8.26 Å². The molecule has 1 heterocycles. The summed E-state index contributed by atoms with van der Waals surface area (Å²) in [4.78, 5) is 0.333. The van der Waals surface area contributed by atoms with E-state index in [9.17, 15) is 8.78 Å². The Morgan fingerprint density at radius 3 is 2.67 bits per heavy atom. The van der Waals surface area contributed by atoms with E-state index < -0.39 is 11.6 Å². The Bertz CT molecular complexity index is 489. The maximum absolute atomic E-state index is 13.2. The molecule has 0 amide bonds. The van der Waals surface area contributed by atoms with Crippen LogP contribution in [0.5, 0.6) is 0 Å². The standard InChI is InChI=1S/C8H3BrF2N2S2/c9-7-12-13-8(15-7)14-6-2-1-4(10)3-5(6)11/h1-3H. The molecule has 0 radical (unpaired) electrons. The van der Waals surface area contributed by atoms with Crippen molar-refractivity contribution in [3.05, 3.63) is 33.8 Å². The molecule has 0 aliphatic heterocycles. The van der Waals surface area contributed by atoms with Gasteiger partial charge < -0.3 is 0 Å². The molecule has 78 valence electrons. The molecule has 1 aromatic heterocycles. The quantitative estimate of drug-likeness (QED) is 0.845. The first-order valence-corrected chi connectivity index (χ1v) is 6.19. The SMILES string of the molecule is Fc1ccc(Sc2nnc(Br)s2)c(F)c1. The largest absolute Gasteiger partial charge is 0.207 e. The van der Waals surface area contributed by atoms with Crippen LogP contribution >= 0.6 is 39.0 Å². The van der Waals surface area contributed by atoms with Gasteiger partial charge in [0.2, 0.25) is 0 Å². The van der Waals surface area contributed by atoms with Crippen LogP contribution in [0.1, 0.15) is 0 Å². The van der Waals surface area contributed by atoms with Crippen LogP contribution in [-0.4, -0.2) is 10.2 Å². The number of aromatic nitrogens is 2. The zero-order chi connectivity index (χ0) is 10.8. The first-order valence-electron chi connectivity index (χ1n) is 3.77. The summed E-state index contributed by atoms with van der Waals surface area (Å²) in [6.45, 7) is 0. The molecule has 2 nitrogen and oxygen atoms in total. The molecule has 0 bridgehead atoms. The van der Waals surface area contributed by atoms with Gasteiger partial charge in [-0.2, -0.15) is 0 Å². The van der Waals surface area contributed by atoms with E-state index in [2.05, 4.69) is 26.1 Å². The molecule has 7 heteroatoms. The van der Waals surface area contributed by atoms with E-state index in [1.54, 1.807) is 0 Å². The van der Waals surface area contributed by atoms with Crippen molar-refractivity contribution >= 4 is 39.0 Å². The minimum atomic E-state index is -0.591. The average molecular weight is 309 g/mol. The number of benzene rings is 1. The summed E-state index contributed by atoms with van der Waals surface area (Å²) in [7, 11) is 0. The fourth-order valence-corrected chi connectivity index (χ4v) is 3.29. The van der Waals surface area contributed by atoms with Gasteiger partial charge in [-0.15, -0.1) is 10.2 Å². The molecule has 0 aliphatic carbocycles. The number of halogens is 3. The fourth-order valence-electron chi connectivity index (χ4n) is 0.886. The Balaban J connectivity index is 2.24. The zero-order valence-corrected chi connectivity index (χ0v) is 10.3. The average Bonchev–Trinajstić information content (AvgIpc) is 2.56. The predicted molar refractivity (Wildman–Crippen MR) is 58.1 cm³/mol. The van der Waals surface area contributed by atoms with Crippen LogP contribution in [0.3, 0.4) is 0 Å². The van der Waals surface area contributed by atoms with E-state index in [1.807, 2.05) is 0 Å². The second-order valence-electron chi connectivity index (χ2n) is 2.50. The van der Waals surface area contributed by atoms with E-state index in [4.69, 9.17) is 0 Å². The first-order chi connectivity index (χ1) is 7.15. The second-order valence-corrected chi connectivity index (χ2v) is 6.04. The third-order valence-corrected chi connectivity index (χ3v) is 3.93. The molecule has 0 aliphatic rings. The molecule has 2 aromatic rings. The molecule has 0 N–H and O–H groups in total. The summed E-state index contributed by atoms with van der Waals surface area (Å²) in [6.07, 6.45) is 0. The molecular weight excluding hydrogens is 306 g/mol. The molecule has 0 fully saturated rings. The highest BCUT2D eigenvalue weighted by atomic mass is 79.9. The fraction of sp³-hybridized carbons (Fsp3) is 0. The van der Waals surface area contributed by atoms with Crippen molar-refractivity contribution in [1.82, 2.24) is 10.2 Å². The van der Waals surface area contributed by atoms with Gasteiger partial charge in [-0.1, -0.05) is 23.1 Å². The van der Waals surface area contributed by atoms with E-state index in [1.165, 1.54) is 23.5 Å².